The second-order valence-electron chi connectivity index (χ2n) is 6.48. The van der Waals surface area contributed by atoms with Crippen molar-refractivity contribution in [3.05, 3.63) is 29.8 Å². The molecule has 2 N–H and O–H groups in total. The highest BCUT2D eigenvalue weighted by atomic mass is 16.5. The Balaban J connectivity index is 2.04. The highest BCUT2D eigenvalue weighted by Crippen LogP contribution is 2.15. The Morgan fingerprint density at radius 3 is 2.29 bits per heavy atom. The number of hydrogen-bond acceptors (Lipinski definition) is 4. The summed E-state index contributed by atoms with van der Waals surface area (Å²) in [5, 5.41) is 12.4. The fourth-order valence-corrected chi connectivity index (χ4v) is 2.76. The minimum Gasteiger partial charge on any atom is -0.497 e. The first kappa shape index (κ1) is 18.3. The fourth-order valence-electron chi connectivity index (χ4n) is 2.76. The molecular weight excluding hydrogens is 308 g/mol. The van der Waals surface area contributed by atoms with E-state index in [1.165, 1.54) is 0 Å². The van der Waals surface area contributed by atoms with Gasteiger partial charge in [0.05, 0.1) is 13.2 Å². The lowest BCUT2D eigenvalue weighted by molar-refractivity contribution is -0.136. The van der Waals surface area contributed by atoms with E-state index in [1.807, 2.05) is 13.8 Å². The summed E-state index contributed by atoms with van der Waals surface area (Å²) >= 11 is 0. The van der Waals surface area contributed by atoms with E-state index in [0.717, 1.165) is 0 Å². The molecule has 2 rings (SSSR count). The molecule has 1 saturated heterocycles. The predicted molar refractivity (Wildman–Crippen MR) is 90.9 cm³/mol. The van der Waals surface area contributed by atoms with Crippen molar-refractivity contribution < 1.29 is 19.4 Å². The average Bonchev–Trinajstić information content (AvgIpc) is 2.59. The van der Waals surface area contributed by atoms with E-state index in [9.17, 15) is 14.7 Å². The standard InChI is InChI=1S/C18H26N2O4/c1-12(2)16(18(23)20-10-8-14(21)9-11-20)19-17(22)13-4-6-15(24-3)7-5-13/h4-7,12,14,16,21H,8-11H2,1-3H3,(H,19,22). The SMILES string of the molecule is COc1ccc(C(=O)NC(C(=O)N2CCC(O)CC2)C(C)C)cc1. The van der Waals surface area contributed by atoms with Gasteiger partial charge in [-0.2, -0.15) is 0 Å². The molecule has 2 amide bonds. The van der Waals surface area contributed by atoms with E-state index in [2.05, 4.69) is 5.32 Å². The highest BCUT2D eigenvalue weighted by molar-refractivity contribution is 5.97. The Hall–Kier alpha value is -2.08. The van der Waals surface area contributed by atoms with Gasteiger partial charge >= 0.3 is 0 Å². The second kappa shape index (κ2) is 8.15. The van der Waals surface area contributed by atoms with Gasteiger partial charge in [-0.1, -0.05) is 13.8 Å². The van der Waals surface area contributed by atoms with Gasteiger partial charge in [0.15, 0.2) is 0 Å². The van der Waals surface area contributed by atoms with Gasteiger partial charge in [0.25, 0.3) is 5.91 Å². The van der Waals surface area contributed by atoms with E-state index >= 15 is 0 Å². The number of methoxy groups -OCH3 is 1. The number of carbonyl (C=O) groups is 2. The topological polar surface area (TPSA) is 78.9 Å². The van der Waals surface area contributed by atoms with Gasteiger partial charge in [-0.25, -0.2) is 0 Å². The lowest BCUT2D eigenvalue weighted by Crippen LogP contribution is -2.53. The van der Waals surface area contributed by atoms with Gasteiger partial charge in [-0.3, -0.25) is 9.59 Å². The molecule has 24 heavy (non-hydrogen) atoms. The molecule has 0 radical (unpaired) electrons. The van der Waals surface area contributed by atoms with Crippen LogP contribution in [0.1, 0.15) is 37.0 Å². The van der Waals surface area contributed by atoms with Gasteiger partial charge in [0, 0.05) is 18.7 Å². The highest BCUT2D eigenvalue weighted by Gasteiger charge is 2.31. The molecule has 0 spiro atoms. The molecule has 132 valence electrons. The van der Waals surface area contributed by atoms with Crippen molar-refractivity contribution in [2.45, 2.75) is 38.8 Å². The minimum absolute atomic E-state index is 0.0217. The summed E-state index contributed by atoms with van der Waals surface area (Å²) in [5.41, 5.74) is 0.489. The van der Waals surface area contributed by atoms with Crippen molar-refractivity contribution >= 4 is 11.8 Å². The van der Waals surface area contributed by atoms with E-state index in [1.54, 1.807) is 36.3 Å². The van der Waals surface area contributed by atoms with Crippen molar-refractivity contribution in [2.24, 2.45) is 5.92 Å². The van der Waals surface area contributed by atoms with Gasteiger partial charge in [-0.05, 0) is 43.0 Å². The van der Waals surface area contributed by atoms with Crippen molar-refractivity contribution in [1.29, 1.82) is 0 Å². The molecule has 0 aliphatic carbocycles. The number of aliphatic hydroxyl groups is 1. The molecule has 1 aromatic rings. The zero-order valence-electron chi connectivity index (χ0n) is 14.5. The first-order valence-corrected chi connectivity index (χ1v) is 8.34. The number of carbonyl (C=O) groups excluding carboxylic acids is 2. The summed E-state index contributed by atoms with van der Waals surface area (Å²) < 4.78 is 5.08. The molecule has 1 heterocycles. The van der Waals surface area contributed by atoms with Gasteiger partial charge in [-0.15, -0.1) is 0 Å². The third kappa shape index (κ3) is 4.47. The van der Waals surface area contributed by atoms with E-state index in [4.69, 9.17) is 4.74 Å². The number of benzene rings is 1. The normalized spacial score (nSPS) is 16.8. The summed E-state index contributed by atoms with van der Waals surface area (Å²) in [4.78, 5) is 26.9. The van der Waals surface area contributed by atoms with Crippen LogP contribution in [-0.4, -0.2) is 54.2 Å². The van der Waals surface area contributed by atoms with Gasteiger partial charge in [0.1, 0.15) is 11.8 Å². The monoisotopic (exact) mass is 334 g/mol. The zero-order chi connectivity index (χ0) is 17.7. The number of likely N-dealkylation sites (tertiary alicyclic amines) is 1. The second-order valence-corrected chi connectivity index (χ2v) is 6.48. The lowest BCUT2D eigenvalue weighted by Gasteiger charge is -2.34. The van der Waals surface area contributed by atoms with E-state index < -0.39 is 6.04 Å². The molecule has 0 aromatic heterocycles. The fraction of sp³-hybridized carbons (Fsp3) is 0.556. The van der Waals surface area contributed by atoms with Crippen LogP contribution in [0.25, 0.3) is 0 Å². The Kier molecular flexibility index (Phi) is 6.20. The third-order valence-electron chi connectivity index (χ3n) is 4.35. The molecule has 1 fully saturated rings. The molecule has 1 aliphatic heterocycles. The Labute approximate surface area is 142 Å². The molecule has 6 heteroatoms. The predicted octanol–water partition coefficient (Wildman–Crippen LogP) is 1.43. The van der Waals surface area contributed by atoms with Crippen LogP contribution in [0, 0.1) is 5.92 Å². The molecule has 0 saturated carbocycles. The van der Waals surface area contributed by atoms with Crippen molar-refractivity contribution in [2.75, 3.05) is 20.2 Å². The molecule has 1 aliphatic rings. The van der Waals surface area contributed by atoms with Crippen LogP contribution < -0.4 is 10.1 Å². The molecule has 1 atom stereocenters. The summed E-state index contributed by atoms with van der Waals surface area (Å²) in [5.74, 6) is 0.293. The van der Waals surface area contributed by atoms with Crippen LogP contribution in [0.3, 0.4) is 0 Å². The van der Waals surface area contributed by atoms with E-state index in [0.29, 0.717) is 37.2 Å². The lowest BCUT2D eigenvalue weighted by atomic mass is 10.00. The number of rotatable bonds is 5. The summed E-state index contributed by atoms with van der Waals surface area (Å²) in [6.07, 6.45) is 0.840. The summed E-state index contributed by atoms with van der Waals surface area (Å²) in [6.45, 7) is 4.88. The number of aliphatic hydroxyl groups excluding tert-OH is 1. The van der Waals surface area contributed by atoms with Gasteiger partial charge < -0.3 is 20.1 Å². The van der Waals surface area contributed by atoms with Crippen LogP contribution in [0.5, 0.6) is 5.75 Å². The largest absolute Gasteiger partial charge is 0.497 e. The van der Waals surface area contributed by atoms with Crippen LogP contribution in [0.4, 0.5) is 0 Å². The van der Waals surface area contributed by atoms with Crippen molar-refractivity contribution in [3.63, 3.8) is 0 Å². The number of nitrogens with zero attached hydrogens (tertiary/aromatic N) is 1. The van der Waals surface area contributed by atoms with Crippen LogP contribution in [0.2, 0.25) is 0 Å². The third-order valence-corrected chi connectivity index (χ3v) is 4.35. The Bertz CT molecular complexity index is 563. The quantitative estimate of drug-likeness (QED) is 0.854. The maximum atomic E-state index is 12.7. The molecule has 1 aromatic carbocycles. The van der Waals surface area contributed by atoms with E-state index in [-0.39, 0.29) is 23.8 Å². The number of ether oxygens (including phenoxy) is 1. The number of piperidine rings is 1. The van der Waals surface area contributed by atoms with Crippen LogP contribution in [-0.2, 0) is 4.79 Å². The average molecular weight is 334 g/mol. The number of amides is 2. The summed E-state index contributed by atoms with van der Waals surface area (Å²) in [6, 6.07) is 6.20. The maximum Gasteiger partial charge on any atom is 0.251 e. The molecular formula is C18H26N2O4. The smallest absolute Gasteiger partial charge is 0.251 e. The van der Waals surface area contributed by atoms with Crippen LogP contribution in [0.15, 0.2) is 24.3 Å². The Morgan fingerprint density at radius 1 is 1.21 bits per heavy atom. The Morgan fingerprint density at radius 2 is 1.79 bits per heavy atom. The summed E-state index contributed by atoms with van der Waals surface area (Å²) in [7, 11) is 1.57. The molecule has 0 bridgehead atoms. The molecule has 6 nitrogen and oxygen atoms in total. The van der Waals surface area contributed by atoms with Crippen molar-refractivity contribution in [1.82, 2.24) is 10.2 Å². The van der Waals surface area contributed by atoms with Gasteiger partial charge in [0.2, 0.25) is 5.91 Å². The first-order chi connectivity index (χ1) is 11.4. The van der Waals surface area contributed by atoms with Crippen molar-refractivity contribution in [3.8, 4) is 5.75 Å². The first-order valence-electron chi connectivity index (χ1n) is 8.34. The number of hydrogen-bond donors (Lipinski definition) is 2. The molecule has 1 unspecified atom stereocenters. The number of nitrogens with one attached hydrogen (secondary N) is 1. The zero-order valence-corrected chi connectivity index (χ0v) is 14.5. The minimum atomic E-state index is -0.574. The maximum absolute atomic E-state index is 12.7. The van der Waals surface area contributed by atoms with Crippen LogP contribution >= 0.6 is 0 Å².